The number of rotatable bonds is 6. The van der Waals surface area contributed by atoms with E-state index in [-0.39, 0.29) is 5.91 Å². The van der Waals surface area contributed by atoms with Gasteiger partial charge in [-0.15, -0.1) is 0 Å². The van der Waals surface area contributed by atoms with Gasteiger partial charge in [-0.3, -0.25) is 4.79 Å². The second-order valence-electron chi connectivity index (χ2n) is 6.24. The van der Waals surface area contributed by atoms with Crippen molar-refractivity contribution in [3.63, 3.8) is 0 Å². The minimum absolute atomic E-state index is 0.110. The van der Waals surface area contributed by atoms with Crippen molar-refractivity contribution < 1.29 is 9.53 Å². The molecule has 0 unspecified atom stereocenters. The number of anilines is 1. The maximum Gasteiger partial charge on any atom is 0.231 e. The van der Waals surface area contributed by atoms with Crippen LogP contribution < -0.4 is 15.4 Å². The predicted molar refractivity (Wildman–Crippen MR) is 95.3 cm³/mol. The summed E-state index contributed by atoms with van der Waals surface area (Å²) in [7, 11) is 0. The Kier molecular flexibility index (Phi) is 7.32. The molecule has 0 aliphatic heterocycles. The van der Waals surface area contributed by atoms with Gasteiger partial charge in [0.25, 0.3) is 0 Å². The van der Waals surface area contributed by atoms with E-state index < -0.39 is 5.41 Å². The van der Waals surface area contributed by atoms with Gasteiger partial charge in [0, 0.05) is 11.1 Å². The molecule has 0 spiro atoms. The van der Waals surface area contributed by atoms with E-state index in [9.17, 15) is 4.79 Å². The maximum absolute atomic E-state index is 11.8. The molecule has 4 nitrogen and oxygen atoms in total. The molecule has 0 saturated carbocycles. The predicted octanol–water partition coefficient (Wildman–Crippen LogP) is 4.11. The SMILES string of the molecule is CCCCCOc1ccc(NC(=S)NC(=O)C(C)(C)C)cc1. The molecule has 0 aromatic heterocycles. The fraction of sp³-hybridized carbons (Fsp3) is 0.529. The number of thiocarbonyl (C=S) groups is 1. The molecule has 1 rings (SSSR count). The first-order chi connectivity index (χ1) is 10.3. The van der Waals surface area contributed by atoms with Crippen LogP contribution in [0, 0.1) is 5.41 Å². The Morgan fingerprint density at radius 2 is 1.82 bits per heavy atom. The number of nitrogens with one attached hydrogen (secondary N) is 2. The van der Waals surface area contributed by atoms with Gasteiger partial charge in [-0.25, -0.2) is 0 Å². The zero-order valence-electron chi connectivity index (χ0n) is 13.9. The Hall–Kier alpha value is -1.62. The summed E-state index contributed by atoms with van der Waals surface area (Å²) < 4.78 is 5.65. The monoisotopic (exact) mass is 322 g/mol. The highest BCUT2D eigenvalue weighted by Gasteiger charge is 2.21. The van der Waals surface area contributed by atoms with E-state index >= 15 is 0 Å². The van der Waals surface area contributed by atoms with Gasteiger partial charge < -0.3 is 15.4 Å². The van der Waals surface area contributed by atoms with Crippen molar-refractivity contribution in [2.24, 2.45) is 5.41 Å². The number of hydrogen-bond donors (Lipinski definition) is 2. The van der Waals surface area contributed by atoms with Crippen LogP contribution in [0.5, 0.6) is 5.75 Å². The van der Waals surface area contributed by atoms with Crippen LogP contribution in [0.4, 0.5) is 5.69 Å². The quantitative estimate of drug-likeness (QED) is 0.611. The minimum atomic E-state index is -0.470. The molecule has 2 N–H and O–H groups in total. The number of unbranched alkanes of at least 4 members (excludes halogenated alkanes) is 2. The van der Waals surface area contributed by atoms with E-state index in [0.717, 1.165) is 24.5 Å². The Labute approximate surface area is 138 Å². The van der Waals surface area contributed by atoms with Gasteiger partial charge in [0.05, 0.1) is 6.61 Å². The Morgan fingerprint density at radius 1 is 1.18 bits per heavy atom. The van der Waals surface area contributed by atoms with Gasteiger partial charge in [0.15, 0.2) is 5.11 Å². The second kappa shape index (κ2) is 8.73. The standard InChI is InChI=1S/C17H26N2O2S/c1-5-6-7-12-21-14-10-8-13(9-11-14)18-16(22)19-15(20)17(2,3)4/h8-11H,5-7,12H2,1-4H3,(H2,18,19,20,22). The zero-order chi connectivity index (χ0) is 16.6. The van der Waals surface area contributed by atoms with Crippen molar-refractivity contribution >= 4 is 28.9 Å². The fourth-order valence-corrected chi connectivity index (χ4v) is 1.84. The number of amides is 1. The van der Waals surface area contributed by atoms with Crippen LogP contribution in [0.2, 0.25) is 0 Å². The number of carbonyl (C=O) groups is 1. The largest absolute Gasteiger partial charge is 0.494 e. The van der Waals surface area contributed by atoms with Crippen molar-refractivity contribution in [1.29, 1.82) is 0 Å². The minimum Gasteiger partial charge on any atom is -0.494 e. The van der Waals surface area contributed by atoms with Crippen LogP contribution in [0.3, 0.4) is 0 Å². The molecule has 122 valence electrons. The highest BCUT2D eigenvalue weighted by atomic mass is 32.1. The highest BCUT2D eigenvalue weighted by Crippen LogP contribution is 2.17. The van der Waals surface area contributed by atoms with Crippen molar-refractivity contribution in [3.05, 3.63) is 24.3 Å². The molecule has 0 aliphatic rings. The molecule has 0 saturated heterocycles. The lowest BCUT2D eigenvalue weighted by Crippen LogP contribution is -2.41. The van der Waals surface area contributed by atoms with Crippen LogP contribution in [0.1, 0.15) is 47.0 Å². The molecule has 22 heavy (non-hydrogen) atoms. The molecule has 0 aliphatic carbocycles. The van der Waals surface area contributed by atoms with Crippen molar-refractivity contribution in [2.75, 3.05) is 11.9 Å². The topological polar surface area (TPSA) is 50.4 Å². The summed E-state index contributed by atoms with van der Waals surface area (Å²) in [5, 5.41) is 5.98. The van der Waals surface area contributed by atoms with Gasteiger partial charge in [-0.05, 0) is 42.9 Å². The molecule has 1 aromatic rings. The summed E-state index contributed by atoms with van der Waals surface area (Å²) in [5.74, 6) is 0.729. The van der Waals surface area contributed by atoms with Crippen molar-refractivity contribution in [1.82, 2.24) is 5.32 Å². The Morgan fingerprint density at radius 3 is 2.36 bits per heavy atom. The first-order valence-electron chi connectivity index (χ1n) is 7.68. The third-order valence-electron chi connectivity index (χ3n) is 3.04. The highest BCUT2D eigenvalue weighted by molar-refractivity contribution is 7.80. The zero-order valence-corrected chi connectivity index (χ0v) is 14.7. The number of benzene rings is 1. The molecule has 0 atom stereocenters. The lowest BCUT2D eigenvalue weighted by atomic mass is 9.96. The molecule has 5 heteroatoms. The first kappa shape index (κ1) is 18.4. The Balaban J connectivity index is 2.43. The van der Waals surface area contributed by atoms with Gasteiger partial charge in [-0.1, -0.05) is 40.5 Å². The maximum atomic E-state index is 11.8. The summed E-state index contributed by atoms with van der Waals surface area (Å²) in [6, 6.07) is 7.54. The molecule has 0 bridgehead atoms. The molecule has 0 fully saturated rings. The summed E-state index contributed by atoms with van der Waals surface area (Å²) in [6.45, 7) is 8.43. The third kappa shape index (κ3) is 6.89. The van der Waals surface area contributed by atoms with E-state index in [4.69, 9.17) is 17.0 Å². The first-order valence-corrected chi connectivity index (χ1v) is 8.09. The van der Waals surface area contributed by atoms with Gasteiger partial charge in [-0.2, -0.15) is 0 Å². The van der Waals surface area contributed by atoms with Crippen LogP contribution in [-0.4, -0.2) is 17.6 Å². The van der Waals surface area contributed by atoms with E-state index in [1.165, 1.54) is 12.8 Å². The average Bonchev–Trinajstić information content (AvgIpc) is 2.44. The Bertz CT molecular complexity index is 492. The van der Waals surface area contributed by atoms with Gasteiger partial charge >= 0.3 is 0 Å². The summed E-state index contributed by atoms with van der Waals surface area (Å²) in [6.07, 6.45) is 3.44. The van der Waals surface area contributed by atoms with Crippen LogP contribution >= 0.6 is 12.2 Å². The number of hydrogen-bond acceptors (Lipinski definition) is 3. The molecular weight excluding hydrogens is 296 g/mol. The fourth-order valence-electron chi connectivity index (χ4n) is 1.63. The van der Waals surface area contributed by atoms with Crippen LogP contribution in [0.25, 0.3) is 0 Å². The number of ether oxygens (including phenoxy) is 1. The molecule has 1 aromatic carbocycles. The van der Waals surface area contributed by atoms with E-state index in [0.29, 0.717) is 5.11 Å². The normalized spacial score (nSPS) is 10.9. The van der Waals surface area contributed by atoms with E-state index in [1.807, 2.05) is 45.0 Å². The lowest BCUT2D eigenvalue weighted by Gasteiger charge is -2.18. The van der Waals surface area contributed by atoms with Crippen molar-refractivity contribution in [3.8, 4) is 5.75 Å². The summed E-state index contributed by atoms with van der Waals surface area (Å²) in [5.41, 5.74) is 0.349. The summed E-state index contributed by atoms with van der Waals surface area (Å²) >= 11 is 5.14. The van der Waals surface area contributed by atoms with Crippen LogP contribution in [-0.2, 0) is 4.79 Å². The molecule has 0 radical (unpaired) electrons. The molecular formula is C17H26N2O2S. The molecule has 0 heterocycles. The molecule has 1 amide bonds. The van der Waals surface area contributed by atoms with Crippen molar-refractivity contribution in [2.45, 2.75) is 47.0 Å². The third-order valence-corrected chi connectivity index (χ3v) is 3.24. The lowest BCUT2D eigenvalue weighted by molar-refractivity contribution is -0.126. The van der Waals surface area contributed by atoms with Crippen LogP contribution in [0.15, 0.2) is 24.3 Å². The van der Waals surface area contributed by atoms with E-state index in [2.05, 4.69) is 17.6 Å². The van der Waals surface area contributed by atoms with Gasteiger partial charge in [0.1, 0.15) is 5.75 Å². The smallest absolute Gasteiger partial charge is 0.231 e. The van der Waals surface area contributed by atoms with E-state index in [1.54, 1.807) is 0 Å². The number of carbonyl (C=O) groups excluding carboxylic acids is 1. The summed E-state index contributed by atoms with van der Waals surface area (Å²) in [4.78, 5) is 11.8. The van der Waals surface area contributed by atoms with Gasteiger partial charge in [0.2, 0.25) is 5.91 Å². The average molecular weight is 322 g/mol. The second-order valence-corrected chi connectivity index (χ2v) is 6.65.